The molecule has 2 aliphatic rings. The van der Waals surface area contributed by atoms with Crippen LogP contribution in [0.2, 0.25) is 0 Å². The van der Waals surface area contributed by atoms with Crippen LogP contribution in [0.15, 0.2) is 0 Å². The Hall–Kier alpha value is -0.130. The highest BCUT2D eigenvalue weighted by Gasteiger charge is 2.45. The standard InChI is InChI=1S/C12H24N2O2S/c1-12(2)7-11(12)8-14-17(15,16)9-10-3-5-13-6-4-10/h10-11,13-14H,3-9H2,1-2H3. The fourth-order valence-corrected chi connectivity index (χ4v) is 4.10. The van der Waals surface area contributed by atoms with Gasteiger partial charge in [-0.3, -0.25) is 0 Å². The van der Waals surface area contributed by atoms with E-state index in [1.54, 1.807) is 0 Å². The highest BCUT2D eigenvalue weighted by Crippen LogP contribution is 2.51. The van der Waals surface area contributed by atoms with E-state index < -0.39 is 10.0 Å². The van der Waals surface area contributed by atoms with E-state index in [0.29, 0.717) is 29.5 Å². The molecule has 1 unspecified atom stereocenters. The van der Waals surface area contributed by atoms with E-state index in [4.69, 9.17) is 0 Å². The Balaban J connectivity index is 1.74. The van der Waals surface area contributed by atoms with E-state index in [1.807, 2.05) is 0 Å². The van der Waals surface area contributed by atoms with Gasteiger partial charge in [0, 0.05) is 6.54 Å². The van der Waals surface area contributed by atoms with Crippen molar-refractivity contribution in [3.63, 3.8) is 0 Å². The van der Waals surface area contributed by atoms with E-state index in [-0.39, 0.29) is 0 Å². The first-order valence-electron chi connectivity index (χ1n) is 6.57. The van der Waals surface area contributed by atoms with Crippen LogP contribution in [-0.4, -0.2) is 33.8 Å². The number of hydrogen-bond donors (Lipinski definition) is 2. The van der Waals surface area contributed by atoms with Crippen LogP contribution < -0.4 is 10.0 Å². The second-order valence-electron chi connectivity index (χ2n) is 6.21. The maximum absolute atomic E-state index is 11.9. The Morgan fingerprint density at radius 3 is 2.41 bits per heavy atom. The highest BCUT2D eigenvalue weighted by atomic mass is 32.2. The predicted octanol–water partition coefficient (Wildman–Crippen LogP) is 0.952. The monoisotopic (exact) mass is 260 g/mol. The molecule has 1 aliphatic heterocycles. The topological polar surface area (TPSA) is 58.2 Å². The molecule has 100 valence electrons. The smallest absolute Gasteiger partial charge is 0.211 e. The molecule has 0 amide bonds. The Morgan fingerprint density at radius 1 is 1.29 bits per heavy atom. The van der Waals surface area contributed by atoms with Gasteiger partial charge in [-0.1, -0.05) is 13.8 Å². The summed E-state index contributed by atoms with van der Waals surface area (Å²) in [5, 5.41) is 3.26. The summed E-state index contributed by atoms with van der Waals surface area (Å²) in [7, 11) is -3.06. The summed E-state index contributed by atoms with van der Waals surface area (Å²) in [6.45, 7) is 6.92. The summed E-state index contributed by atoms with van der Waals surface area (Å²) < 4.78 is 26.6. The lowest BCUT2D eigenvalue weighted by molar-refractivity contribution is 0.399. The van der Waals surface area contributed by atoms with Gasteiger partial charge in [0.1, 0.15) is 0 Å². The normalized spacial score (nSPS) is 29.2. The summed E-state index contributed by atoms with van der Waals surface area (Å²) in [5.41, 5.74) is 0.345. The second-order valence-corrected chi connectivity index (χ2v) is 8.06. The highest BCUT2D eigenvalue weighted by molar-refractivity contribution is 7.89. The van der Waals surface area contributed by atoms with Gasteiger partial charge >= 0.3 is 0 Å². The molecule has 2 rings (SSSR count). The number of hydrogen-bond acceptors (Lipinski definition) is 3. The molecule has 1 aliphatic carbocycles. The Labute approximate surface area is 105 Å². The van der Waals surface area contributed by atoms with E-state index in [9.17, 15) is 8.42 Å². The first kappa shape index (κ1) is 13.3. The lowest BCUT2D eigenvalue weighted by Gasteiger charge is -2.22. The molecule has 2 N–H and O–H groups in total. The van der Waals surface area contributed by atoms with Crippen molar-refractivity contribution in [1.82, 2.24) is 10.0 Å². The van der Waals surface area contributed by atoms with Gasteiger partial charge in [-0.2, -0.15) is 0 Å². The number of piperidine rings is 1. The van der Waals surface area contributed by atoms with Crippen molar-refractivity contribution in [2.75, 3.05) is 25.4 Å². The van der Waals surface area contributed by atoms with Gasteiger partial charge in [0.15, 0.2) is 0 Å². The molecule has 0 bridgehead atoms. The molecule has 1 heterocycles. The maximum Gasteiger partial charge on any atom is 0.211 e. The van der Waals surface area contributed by atoms with Gasteiger partial charge in [0.05, 0.1) is 5.75 Å². The summed E-state index contributed by atoms with van der Waals surface area (Å²) in [6, 6.07) is 0. The molecule has 0 radical (unpaired) electrons. The summed E-state index contributed by atoms with van der Waals surface area (Å²) in [5.74, 6) is 1.17. The third-order valence-corrected chi connectivity index (χ3v) is 5.70. The third kappa shape index (κ3) is 3.93. The van der Waals surface area contributed by atoms with Crippen molar-refractivity contribution < 1.29 is 8.42 Å². The minimum Gasteiger partial charge on any atom is -0.317 e. The minimum atomic E-state index is -3.06. The lowest BCUT2D eigenvalue weighted by Crippen LogP contribution is -2.36. The van der Waals surface area contributed by atoms with E-state index in [1.165, 1.54) is 0 Å². The zero-order valence-corrected chi connectivity index (χ0v) is 11.6. The van der Waals surface area contributed by atoms with Crippen molar-refractivity contribution in [2.24, 2.45) is 17.3 Å². The molecule has 0 spiro atoms. The van der Waals surface area contributed by atoms with Gasteiger partial charge in [-0.05, 0) is 49.6 Å². The van der Waals surface area contributed by atoms with Crippen LogP contribution in [0, 0.1) is 17.3 Å². The summed E-state index contributed by atoms with van der Waals surface area (Å²) in [6.07, 6.45) is 3.11. The fourth-order valence-electron chi connectivity index (χ4n) is 2.57. The zero-order chi connectivity index (χ0) is 12.5. The average Bonchev–Trinajstić information content (AvgIpc) is 2.85. The Bertz CT molecular complexity index is 359. The first-order chi connectivity index (χ1) is 7.89. The van der Waals surface area contributed by atoms with Crippen molar-refractivity contribution >= 4 is 10.0 Å². The van der Waals surface area contributed by atoms with Gasteiger partial charge in [-0.25, -0.2) is 13.1 Å². The number of rotatable bonds is 5. The average molecular weight is 260 g/mol. The molecule has 0 aromatic heterocycles. The van der Waals surface area contributed by atoms with Gasteiger partial charge in [0.2, 0.25) is 10.0 Å². The van der Waals surface area contributed by atoms with Crippen LogP contribution in [-0.2, 0) is 10.0 Å². The quantitative estimate of drug-likeness (QED) is 0.774. The first-order valence-corrected chi connectivity index (χ1v) is 8.22. The van der Waals surface area contributed by atoms with E-state index in [0.717, 1.165) is 32.4 Å². The zero-order valence-electron chi connectivity index (χ0n) is 10.8. The molecule has 2 fully saturated rings. The molecule has 1 atom stereocenters. The maximum atomic E-state index is 11.9. The minimum absolute atomic E-state index is 0.307. The fraction of sp³-hybridized carbons (Fsp3) is 1.00. The van der Waals surface area contributed by atoms with Gasteiger partial charge < -0.3 is 5.32 Å². The van der Waals surface area contributed by atoms with Gasteiger partial charge in [0.25, 0.3) is 0 Å². The van der Waals surface area contributed by atoms with Crippen molar-refractivity contribution in [3.8, 4) is 0 Å². The second kappa shape index (κ2) is 4.86. The van der Waals surface area contributed by atoms with Crippen LogP contribution in [0.3, 0.4) is 0 Å². The molecular weight excluding hydrogens is 236 g/mol. The molecule has 17 heavy (non-hydrogen) atoms. The van der Waals surface area contributed by atoms with E-state index in [2.05, 4.69) is 23.9 Å². The molecule has 1 saturated carbocycles. The molecule has 0 aromatic rings. The molecule has 4 nitrogen and oxygen atoms in total. The van der Waals surface area contributed by atoms with Gasteiger partial charge in [-0.15, -0.1) is 0 Å². The largest absolute Gasteiger partial charge is 0.317 e. The van der Waals surface area contributed by atoms with Crippen LogP contribution in [0.1, 0.15) is 33.1 Å². The number of sulfonamides is 1. The Kier molecular flexibility index (Phi) is 3.80. The van der Waals surface area contributed by atoms with Crippen LogP contribution in [0.25, 0.3) is 0 Å². The molecule has 1 saturated heterocycles. The van der Waals surface area contributed by atoms with Crippen LogP contribution in [0.4, 0.5) is 0 Å². The number of nitrogens with one attached hydrogen (secondary N) is 2. The lowest BCUT2D eigenvalue weighted by atomic mass is 10.0. The Morgan fingerprint density at radius 2 is 1.88 bits per heavy atom. The van der Waals surface area contributed by atoms with Crippen molar-refractivity contribution in [1.29, 1.82) is 0 Å². The summed E-state index contributed by atoms with van der Waals surface area (Å²) in [4.78, 5) is 0. The molecule has 5 heteroatoms. The SMILES string of the molecule is CC1(C)CC1CNS(=O)(=O)CC1CCNCC1. The van der Waals surface area contributed by atoms with Crippen LogP contribution in [0.5, 0.6) is 0 Å². The van der Waals surface area contributed by atoms with Crippen molar-refractivity contribution in [3.05, 3.63) is 0 Å². The van der Waals surface area contributed by atoms with Crippen LogP contribution >= 0.6 is 0 Å². The molecule has 0 aromatic carbocycles. The summed E-state index contributed by atoms with van der Waals surface area (Å²) >= 11 is 0. The third-order valence-electron chi connectivity index (χ3n) is 4.18. The predicted molar refractivity (Wildman–Crippen MR) is 69.3 cm³/mol. The molecular formula is C12H24N2O2S. The van der Waals surface area contributed by atoms with Crippen molar-refractivity contribution in [2.45, 2.75) is 33.1 Å². The van der Waals surface area contributed by atoms with E-state index >= 15 is 0 Å².